The third-order valence-corrected chi connectivity index (χ3v) is 3.38. The molecule has 0 radical (unpaired) electrons. The number of aryl methyl sites for hydroxylation is 1. The SMILES string of the molecule is CCc1nnsc1-c1nnnn1C(C)(C)C(=O)O. The molecule has 2 aromatic heterocycles. The number of carbonyl (C=O) groups is 1. The van der Waals surface area contributed by atoms with E-state index >= 15 is 0 Å². The van der Waals surface area contributed by atoms with Crippen molar-refractivity contribution in [3.05, 3.63) is 5.69 Å². The van der Waals surface area contributed by atoms with Gasteiger partial charge in [-0.25, -0.2) is 9.48 Å². The van der Waals surface area contributed by atoms with E-state index in [1.165, 1.54) is 18.5 Å². The molecular weight excluding hydrogens is 256 g/mol. The number of carboxylic acids is 1. The van der Waals surface area contributed by atoms with Crippen LogP contribution in [0.15, 0.2) is 0 Å². The van der Waals surface area contributed by atoms with Crippen LogP contribution in [0.2, 0.25) is 0 Å². The van der Waals surface area contributed by atoms with Crippen LogP contribution in [-0.4, -0.2) is 40.9 Å². The van der Waals surface area contributed by atoms with Crippen LogP contribution in [0.5, 0.6) is 0 Å². The van der Waals surface area contributed by atoms with E-state index in [1.54, 1.807) is 0 Å². The van der Waals surface area contributed by atoms with Crippen molar-refractivity contribution in [1.29, 1.82) is 0 Å². The molecule has 0 aromatic carbocycles. The van der Waals surface area contributed by atoms with Crippen LogP contribution < -0.4 is 0 Å². The second-order valence-electron chi connectivity index (χ2n) is 4.18. The number of nitrogens with zero attached hydrogens (tertiary/aromatic N) is 6. The first-order chi connectivity index (χ1) is 8.48. The predicted octanol–water partition coefficient (Wildman–Crippen LogP) is 0.574. The number of carboxylic acid groups (broad SMARTS) is 1. The summed E-state index contributed by atoms with van der Waals surface area (Å²) in [5.74, 6) is -0.624. The van der Waals surface area contributed by atoms with E-state index in [1.807, 2.05) is 6.92 Å². The fourth-order valence-electron chi connectivity index (χ4n) is 1.41. The van der Waals surface area contributed by atoms with Crippen molar-refractivity contribution >= 4 is 17.5 Å². The van der Waals surface area contributed by atoms with Crippen LogP contribution in [0, 0.1) is 0 Å². The Kier molecular flexibility index (Phi) is 3.07. The largest absolute Gasteiger partial charge is 0.479 e. The zero-order valence-electron chi connectivity index (χ0n) is 10.2. The van der Waals surface area contributed by atoms with Crippen molar-refractivity contribution in [3.8, 4) is 10.7 Å². The Morgan fingerprint density at radius 1 is 1.44 bits per heavy atom. The molecule has 0 fully saturated rings. The summed E-state index contributed by atoms with van der Waals surface area (Å²) in [6.07, 6.45) is 0.687. The average molecular weight is 268 g/mol. The van der Waals surface area contributed by atoms with Crippen molar-refractivity contribution in [2.45, 2.75) is 32.7 Å². The third-order valence-electron chi connectivity index (χ3n) is 2.62. The van der Waals surface area contributed by atoms with E-state index < -0.39 is 11.5 Å². The first kappa shape index (κ1) is 12.6. The minimum absolute atomic E-state index is 0.384. The van der Waals surface area contributed by atoms with Gasteiger partial charge in [-0.15, -0.1) is 10.2 Å². The van der Waals surface area contributed by atoms with Gasteiger partial charge in [-0.3, -0.25) is 0 Å². The van der Waals surface area contributed by atoms with E-state index in [-0.39, 0.29) is 0 Å². The molecule has 0 bridgehead atoms. The number of aliphatic carboxylic acids is 1. The van der Waals surface area contributed by atoms with Crippen molar-refractivity contribution in [2.24, 2.45) is 0 Å². The minimum Gasteiger partial charge on any atom is -0.479 e. The van der Waals surface area contributed by atoms with Crippen LogP contribution in [0.1, 0.15) is 26.5 Å². The Hall–Kier alpha value is -1.90. The number of aromatic nitrogens is 6. The van der Waals surface area contributed by atoms with Gasteiger partial charge in [-0.05, 0) is 42.2 Å². The molecule has 0 unspecified atom stereocenters. The van der Waals surface area contributed by atoms with Gasteiger partial charge < -0.3 is 5.11 Å². The standard InChI is InChI=1S/C9H12N6O2S/c1-4-5-6(18-14-10-5)7-11-12-13-15(7)9(2,3)8(16)17/h4H2,1-3H3,(H,16,17). The molecule has 1 N–H and O–H groups in total. The number of tetrazole rings is 1. The van der Waals surface area contributed by atoms with Gasteiger partial charge in [0.25, 0.3) is 0 Å². The molecule has 0 aliphatic carbocycles. The zero-order valence-corrected chi connectivity index (χ0v) is 11.0. The van der Waals surface area contributed by atoms with Gasteiger partial charge >= 0.3 is 5.97 Å². The fraction of sp³-hybridized carbons (Fsp3) is 0.556. The molecule has 0 atom stereocenters. The van der Waals surface area contributed by atoms with Gasteiger partial charge in [-0.2, -0.15) is 0 Å². The fourth-order valence-corrected chi connectivity index (χ4v) is 2.13. The highest BCUT2D eigenvalue weighted by Crippen LogP contribution is 2.27. The number of hydrogen-bond donors (Lipinski definition) is 1. The lowest BCUT2D eigenvalue weighted by molar-refractivity contribution is -0.146. The van der Waals surface area contributed by atoms with Crippen molar-refractivity contribution < 1.29 is 9.90 Å². The summed E-state index contributed by atoms with van der Waals surface area (Å²) >= 11 is 1.16. The number of rotatable bonds is 4. The topological polar surface area (TPSA) is 107 Å². The van der Waals surface area contributed by atoms with Crippen LogP contribution in [0.25, 0.3) is 10.7 Å². The van der Waals surface area contributed by atoms with Crippen LogP contribution in [0.3, 0.4) is 0 Å². The van der Waals surface area contributed by atoms with Crippen LogP contribution in [0.4, 0.5) is 0 Å². The third kappa shape index (κ3) is 1.86. The first-order valence-corrected chi connectivity index (χ1v) is 6.09. The highest BCUT2D eigenvalue weighted by Gasteiger charge is 2.34. The first-order valence-electron chi connectivity index (χ1n) is 5.32. The summed E-state index contributed by atoms with van der Waals surface area (Å²) in [4.78, 5) is 12.0. The molecule has 2 heterocycles. The summed E-state index contributed by atoms with van der Waals surface area (Å²) in [6, 6.07) is 0. The number of hydrogen-bond acceptors (Lipinski definition) is 7. The lowest BCUT2D eigenvalue weighted by atomic mass is 10.1. The molecule has 8 nitrogen and oxygen atoms in total. The molecule has 18 heavy (non-hydrogen) atoms. The second-order valence-corrected chi connectivity index (χ2v) is 4.93. The van der Waals surface area contributed by atoms with E-state index in [0.29, 0.717) is 17.1 Å². The molecule has 96 valence electrons. The lowest BCUT2D eigenvalue weighted by Crippen LogP contribution is -2.37. The van der Waals surface area contributed by atoms with Crippen molar-refractivity contribution in [2.75, 3.05) is 0 Å². The summed E-state index contributed by atoms with van der Waals surface area (Å²) in [7, 11) is 0. The van der Waals surface area contributed by atoms with Crippen molar-refractivity contribution in [1.82, 2.24) is 29.8 Å². The van der Waals surface area contributed by atoms with Gasteiger partial charge in [-0.1, -0.05) is 11.4 Å². The maximum absolute atomic E-state index is 11.3. The summed E-state index contributed by atoms with van der Waals surface area (Å²) in [6.45, 7) is 5.02. The average Bonchev–Trinajstić information content (AvgIpc) is 2.96. The van der Waals surface area contributed by atoms with E-state index in [4.69, 9.17) is 0 Å². The maximum atomic E-state index is 11.3. The van der Waals surface area contributed by atoms with E-state index in [9.17, 15) is 9.90 Å². The van der Waals surface area contributed by atoms with Gasteiger partial charge in [0, 0.05) is 0 Å². The normalized spacial score (nSPS) is 11.7. The molecule has 0 saturated heterocycles. The Bertz CT molecular complexity index is 575. The quantitative estimate of drug-likeness (QED) is 0.863. The zero-order chi connectivity index (χ0) is 13.3. The Morgan fingerprint density at radius 3 is 2.78 bits per heavy atom. The summed E-state index contributed by atoms with van der Waals surface area (Å²) < 4.78 is 5.13. The molecule has 2 aromatic rings. The molecule has 0 saturated carbocycles. The van der Waals surface area contributed by atoms with Gasteiger partial charge in [0.05, 0.1) is 5.69 Å². The maximum Gasteiger partial charge on any atom is 0.331 e. The smallest absolute Gasteiger partial charge is 0.331 e. The van der Waals surface area contributed by atoms with Crippen molar-refractivity contribution in [3.63, 3.8) is 0 Å². The van der Waals surface area contributed by atoms with Gasteiger partial charge in [0.1, 0.15) is 4.88 Å². The monoisotopic (exact) mass is 268 g/mol. The van der Waals surface area contributed by atoms with Crippen LogP contribution in [-0.2, 0) is 16.8 Å². The second kappa shape index (κ2) is 4.41. The summed E-state index contributed by atoms with van der Waals surface area (Å²) in [5, 5.41) is 24.4. The van der Waals surface area contributed by atoms with Crippen LogP contribution >= 0.6 is 11.5 Å². The Labute approximate surface area is 107 Å². The molecule has 0 aliphatic heterocycles. The van der Waals surface area contributed by atoms with Gasteiger partial charge in [0.2, 0.25) is 0 Å². The molecule has 2 rings (SSSR count). The molecular formula is C9H12N6O2S. The lowest BCUT2D eigenvalue weighted by Gasteiger charge is -2.19. The summed E-state index contributed by atoms with van der Waals surface area (Å²) in [5.41, 5.74) is -0.467. The molecule has 0 aliphatic rings. The highest BCUT2D eigenvalue weighted by atomic mass is 32.1. The highest BCUT2D eigenvalue weighted by molar-refractivity contribution is 7.09. The Balaban J connectivity index is 2.55. The van der Waals surface area contributed by atoms with E-state index in [0.717, 1.165) is 17.2 Å². The molecule has 0 spiro atoms. The minimum atomic E-state index is -1.23. The van der Waals surface area contributed by atoms with Gasteiger partial charge in [0.15, 0.2) is 11.4 Å². The Morgan fingerprint density at radius 2 is 2.17 bits per heavy atom. The molecule has 9 heteroatoms. The predicted molar refractivity (Wildman–Crippen MR) is 63.1 cm³/mol. The van der Waals surface area contributed by atoms with E-state index in [2.05, 4.69) is 25.1 Å². The molecule has 0 amide bonds.